The molecule has 1 saturated heterocycles. The maximum Gasteiger partial charge on any atom is 0.181 e. The van der Waals surface area contributed by atoms with Crippen molar-refractivity contribution in [3.63, 3.8) is 0 Å². The number of nitrogens with two attached hydrogens (primary N) is 1. The maximum absolute atomic E-state index is 12.3. The summed E-state index contributed by atoms with van der Waals surface area (Å²) in [5, 5.41) is 0. The van der Waals surface area contributed by atoms with Gasteiger partial charge in [0.2, 0.25) is 0 Å². The smallest absolute Gasteiger partial charge is 0.181 e. The van der Waals surface area contributed by atoms with E-state index in [0.717, 1.165) is 12.8 Å². The highest BCUT2D eigenvalue weighted by Crippen LogP contribution is 2.25. The highest BCUT2D eigenvalue weighted by Gasteiger charge is 2.28. The number of hydrogen-bond acceptors (Lipinski definition) is 4. The summed E-state index contributed by atoms with van der Waals surface area (Å²) in [4.78, 5) is 0.361. The zero-order chi connectivity index (χ0) is 13.3. The second-order valence-corrected chi connectivity index (χ2v) is 6.96. The first kappa shape index (κ1) is 13.4. The Morgan fingerprint density at radius 1 is 1.39 bits per heavy atom. The van der Waals surface area contributed by atoms with Gasteiger partial charge in [0.05, 0.1) is 22.9 Å². The Balaban J connectivity index is 2.20. The molecule has 0 aromatic heterocycles. The van der Waals surface area contributed by atoms with E-state index in [1.165, 1.54) is 0 Å². The molecule has 0 aliphatic carbocycles. The summed E-state index contributed by atoms with van der Waals surface area (Å²) in [6.45, 7) is 3.74. The molecular weight excluding hydrogens is 250 g/mol. The summed E-state index contributed by atoms with van der Waals surface area (Å²) in [5.41, 5.74) is 6.91. The Kier molecular flexibility index (Phi) is 3.64. The van der Waals surface area contributed by atoms with Gasteiger partial charge in [-0.25, -0.2) is 8.42 Å². The summed E-state index contributed by atoms with van der Waals surface area (Å²) < 4.78 is 30.2. The average Bonchev–Trinajstić information content (AvgIpc) is 2.62. The fourth-order valence-corrected chi connectivity index (χ4v) is 4.10. The molecule has 0 saturated carbocycles. The number of nitrogen functional groups attached to an aromatic ring is 1. The number of aryl methyl sites for hydroxylation is 1. The van der Waals surface area contributed by atoms with Gasteiger partial charge in [-0.1, -0.05) is 0 Å². The van der Waals surface area contributed by atoms with Crippen LogP contribution in [0.1, 0.15) is 25.3 Å². The monoisotopic (exact) mass is 269 g/mol. The molecule has 1 heterocycles. The van der Waals surface area contributed by atoms with Crippen molar-refractivity contribution in [1.29, 1.82) is 0 Å². The summed E-state index contributed by atoms with van der Waals surface area (Å²) in [5.74, 6) is 0.0576. The van der Waals surface area contributed by atoms with Crippen molar-refractivity contribution >= 4 is 15.5 Å². The van der Waals surface area contributed by atoms with Gasteiger partial charge in [-0.05, 0) is 50.5 Å². The predicted octanol–water partition coefficient (Wildman–Crippen LogP) is 1.92. The zero-order valence-electron chi connectivity index (χ0n) is 10.7. The van der Waals surface area contributed by atoms with Crippen LogP contribution in [-0.2, 0) is 14.6 Å². The van der Waals surface area contributed by atoms with Crippen LogP contribution in [0.15, 0.2) is 23.1 Å². The predicted molar refractivity (Wildman–Crippen MR) is 71.2 cm³/mol. The number of sulfone groups is 1. The molecule has 5 heteroatoms. The molecule has 1 aromatic rings. The van der Waals surface area contributed by atoms with E-state index in [1.807, 2.05) is 6.92 Å². The lowest BCUT2D eigenvalue weighted by Crippen LogP contribution is -2.21. The topological polar surface area (TPSA) is 69.4 Å². The fraction of sp³-hybridized carbons (Fsp3) is 0.538. The molecule has 1 aliphatic rings. The van der Waals surface area contributed by atoms with E-state index in [2.05, 4.69) is 0 Å². The molecule has 1 aliphatic heterocycles. The third-order valence-electron chi connectivity index (χ3n) is 3.26. The number of benzene rings is 1. The molecule has 0 amide bonds. The van der Waals surface area contributed by atoms with E-state index < -0.39 is 9.84 Å². The van der Waals surface area contributed by atoms with Crippen LogP contribution in [0.25, 0.3) is 0 Å². The van der Waals surface area contributed by atoms with Crippen molar-refractivity contribution in [1.82, 2.24) is 0 Å². The third kappa shape index (κ3) is 2.84. The molecule has 100 valence electrons. The van der Waals surface area contributed by atoms with Crippen molar-refractivity contribution in [3.05, 3.63) is 23.8 Å². The first-order chi connectivity index (χ1) is 8.38. The Morgan fingerprint density at radius 3 is 2.67 bits per heavy atom. The Labute approximate surface area is 108 Å². The molecule has 2 atom stereocenters. The second-order valence-electron chi connectivity index (χ2n) is 4.95. The molecule has 0 radical (unpaired) electrons. The number of anilines is 1. The van der Waals surface area contributed by atoms with Crippen molar-refractivity contribution < 1.29 is 13.2 Å². The van der Waals surface area contributed by atoms with Gasteiger partial charge in [-0.2, -0.15) is 0 Å². The average molecular weight is 269 g/mol. The molecule has 2 rings (SSSR count). The first-order valence-electron chi connectivity index (χ1n) is 6.13. The normalized spacial score (nSPS) is 24.3. The first-order valence-corrected chi connectivity index (χ1v) is 7.78. The molecule has 2 N–H and O–H groups in total. The van der Waals surface area contributed by atoms with Crippen LogP contribution < -0.4 is 5.73 Å². The van der Waals surface area contributed by atoms with Gasteiger partial charge in [-0.3, -0.25) is 0 Å². The van der Waals surface area contributed by atoms with E-state index in [1.54, 1.807) is 25.1 Å². The molecular formula is C13H19NO3S. The van der Waals surface area contributed by atoms with Crippen molar-refractivity contribution in [2.45, 2.75) is 43.8 Å². The lowest BCUT2D eigenvalue weighted by Gasteiger charge is -2.13. The standard InChI is InChI=1S/C13H19NO3S/c1-9-7-11(14)4-6-13(9)18(15,16)8-12-5-3-10(2)17-12/h4,6-7,10,12H,3,5,8,14H2,1-2H3. The molecule has 1 aromatic carbocycles. The van der Waals surface area contributed by atoms with Crippen LogP contribution in [0, 0.1) is 6.92 Å². The van der Waals surface area contributed by atoms with Crippen molar-refractivity contribution in [3.8, 4) is 0 Å². The van der Waals surface area contributed by atoms with E-state index in [0.29, 0.717) is 16.1 Å². The van der Waals surface area contributed by atoms with Gasteiger partial charge in [0.25, 0.3) is 0 Å². The van der Waals surface area contributed by atoms with Gasteiger partial charge in [0, 0.05) is 5.69 Å². The minimum atomic E-state index is -3.30. The van der Waals surface area contributed by atoms with E-state index in [4.69, 9.17) is 10.5 Å². The highest BCUT2D eigenvalue weighted by molar-refractivity contribution is 7.91. The Morgan fingerprint density at radius 2 is 2.11 bits per heavy atom. The third-order valence-corrected chi connectivity index (χ3v) is 5.20. The van der Waals surface area contributed by atoms with Crippen molar-refractivity contribution in [2.75, 3.05) is 11.5 Å². The zero-order valence-corrected chi connectivity index (χ0v) is 11.5. The van der Waals surface area contributed by atoms with Gasteiger partial charge < -0.3 is 10.5 Å². The summed E-state index contributed by atoms with van der Waals surface area (Å²) >= 11 is 0. The molecule has 1 fully saturated rings. The summed E-state index contributed by atoms with van der Waals surface area (Å²) in [7, 11) is -3.30. The molecule has 4 nitrogen and oxygen atoms in total. The maximum atomic E-state index is 12.3. The summed E-state index contributed by atoms with van der Waals surface area (Å²) in [6.07, 6.45) is 1.73. The number of ether oxygens (including phenoxy) is 1. The van der Waals surface area contributed by atoms with Crippen molar-refractivity contribution in [2.24, 2.45) is 0 Å². The van der Waals surface area contributed by atoms with Gasteiger partial charge in [0.15, 0.2) is 9.84 Å². The highest BCUT2D eigenvalue weighted by atomic mass is 32.2. The molecule has 0 bridgehead atoms. The van der Waals surface area contributed by atoms with Crippen LogP contribution >= 0.6 is 0 Å². The molecule has 18 heavy (non-hydrogen) atoms. The van der Waals surface area contributed by atoms with Gasteiger partial charge in [-0.15, -0.1) is 0 Å². The van der Waals surface area contributed by atoms with Gasteiger partial charge >= 0.3 is 0 Å². The molecule has 0 spiro atoms. The van der Waals surface area contributed by atoms with E-state index >= 15 is 0 Å². The minimum Gasteiger partial charge on any atom is -0.399 e. The number of hydrogen-bond donors (Lipinski definition) is 1. The van der Waals surface area contributed by atoms with Crippen LogP contribution in [0.3, 0.4) is 0 Å². The van der Waals surface area contributed by atoms with Crippen LogP contribution in [-0.4, -0.2) is 26.4 Å². The van der Waals surface area contributed by atoms with Crippen LogP contribution in [0.4, 0.5) is 5.69 Å². The SMILES string of the molecule is Cc1cc(N)ccc1S(=O)(=O)CC1CCC(C)O1. The van der Waals surface area contributed by atoms with Crippen LogP contribution in [0.5, 0.6) is 0 Å². The lowest BCUT2D eigenvalue weighted by atomic mass is 10.2. The minimum absolute atomic E-state index is 0.0576. The Bertz CT molecular complexity index is 539. The van der Waals surface area contributed by atoms with E-state index in [9.17, 15) is 8.42 Å². The van der Waals surface area contributed by atoms with Crippen LogP contribution in [0.2, 0.25) is 0 Å². The number of rotatable bonds is 3. The largest absolute Gasteiger partial charge is 0.399 e. The second kappa shape index (κ2) is 4.90. The quantitative estimate of drug-likeness (QED) is 0.851. The fourth-order valence-electron chi connectivity index (χ4n) is 2.36. The summed E-state index contributed by atoms with van der Waals surface area (Å²) in [6, 6.07) is 4.89. The van der Waals surface area contributed by atoms with E-state index in [-0.39, 0.29) is 18.0 Å². The molecule has 2 unspecified atom stereocenters. The van der Waals surface area contributed by atoms with Gasteiger partial charge in [0.1, 0.15) is 0 Å². The lowest BCUT2D eigenvalue weighted by molar-refractivity contribution is 0.0690. The Hall–Kier alpha value is -1.07.